The number of nitrogens with zero attached hydrogens (tertiary/aromatic N) is 1. The molecule has 0 aromatic heterocycles. The first-order valence-corrected chi connectivity index (χ1v) is 5.53. The molecule has 0 atom stereocenters. The molecule has 84 valence electrons. The van der Waals surface area contributed by atoms with Crippen LogP contribution in [0.3, 0.4) is 0 Å². The number of likely N-dealkylation sites (tertiary alicyclic amines) is 1. The molecule has 0 aliphatic carbocycles. The van der Waals surface area contributed by atoms with E-state index in [0.29, 0.717) is 0 Å². The highest BCUT2D eigenvalue weighted by molar-refractivity contribution is 4.84. The fourth-order valence-electron chi connectivity index (χ4n) is 1.90. The van der Waals surface area contributed by atoms with Crippen molar-refractivity contribution in [1.29, 1.82) is 0 Å². The monoisotopic (exact) mass is 200 g/mol. The Morgan fingerprint density at radius 2 is 2.07 bits per heavy atom. The van der Waals surface area contributed by atoms with E-state index in [1.807, 2.05) is 0 Å². The third-order valence-electron chi connectivity index (χ3n) is 2.85. The number of methoxy groups -OCH3 is 1. The van der Waals surface area contributed by atoms with Gasteiger partial charge >= 0.3 is 0 Å². The van der Waals surface area contributed by atoms with E-state index in [0.717, 1.165) is 19.1 Å². The van der Waals surface area contributed by atoms with Gasteiger partial charge in [0.15, 0.2) is 0 Å². The number of ether oxygens (including phenoxy) is 1. The molecule has 14 heavy (non-hydrogen) atoms. The number of hydrogen-bond acceptors (Lipinski definition) is 3. The van der Waals surface area contributed by atoms with Gasteiger partial charge in [-0.25, -0.2) is 0 Å². The molecule has 0 unspecified atom stereocenters. The molecule has 0 saturated carbocycles. The lowest BCUT2D eigenvalue weighted by molar-refractivity contribution is 0.0836. The molecule has 0 radical (unpaired) electrons. The topological polar surface area (TPSA) is 24.5 Å². The molecule has 1 saturated heterocycles. The van der Waals surface area contributed by atoms with Crippen molar-refractivity contribution in [2.45, 2.75) is 26.3 Å². The third-order valence-corrected chi connectivity index (χ3v) is 2.85. The summed E-state index contributed by atoms with van der Waals surface area (Å²) in [6, 6.07) is 0. The van der Waals surface area contributed by atoms with Crippen LogP contribution in [0, 0.1) is 5.92 Å². The Kier molecular flexibility index (Phi) is 4.35. The van der Waals surface area contributed by atoms with E-state index < -0.39 is 0 Å². The molecule has 1 heterocycles. The van der Waals surface area contributed by atoms with Crippen LogP contribution in [0.2, 0.25) is 0 Å². The summed E-state index contributed by atoms with van der Waals surface area (Å²) in [5.41, 5.74) is 0.112. The van der Waals surface area contributed by atoms with Crippen LogP contribution in [0.5, 0.6) is 0 Å². The van der Waals surface area contributed by atoms with E-state index in [-0.39, 0.29) is 5.54 Å². The molecule has 0 aromatic carbocycles. The molecule has 0 spiro atoms. The molecular weight excluding hydrogens is 176 g/mol. The largest absolute Gasteiger partial charge is 0.383 e. The van der Waals surface area contributed by atoms with Gasteiger partial charge in [0.05, 0.1) is 6.61 Å². The maximum atomic E-state index is 5.16. The Morgan fingerprint density at radius 1 is 1.43 bits per heavy atom. The SMILES string of the molecule is CCN1CC(CNC(C)(C)COC)C1. The molecule has 1 aliphatic rings. The second kappa shape index (κ2) is 5.10. The van der Waals surface area contributed by atoms with Crippen LogP contribution in [0.4, 0.5) is 0 Å². The standard InChI is InChI=1S/C11H24N2O/c1-5-13-7-10(8-13)6-12-11(2,3)9-14-4/h10,12H,5-9H2,1-4H3. The molecule has 0 bridgehead atoms. The highest BCUT2D eigenvalue weighted by Gasteiger charge is 2.27. The van der Waals surface area contributed by atoms with E-state index in [1.54, 1.807) is 7.11 Å². The Hall–Kier alpha value is -0.120. The van der Waals surface area contributed by atoms with Gasteiger partial charge < -0.3 is 15.0 Å². The second-order valence-electron chi connectivity index (χ2n) is 4.92. The van der Waals surface area contributed by atoms with Gasteiger partial charge in [0, 0.05) is 32.3 Å². The van der Waals surface area contributed by atoms with Crippen molar-refractivity contribution in [3.05, 3.63) is 0 Å². The predicted octanol–water partition coefficient (Wildman–Crippen LogP) is 0.953. The van der Waals surface area contributed by atoms with Crippen molar-refractivity contribution in [3.63, 3.8) is 0 Å². The lowest BCUT2D eigenvalue weighted by Gasteiger charge is -2.40. The van der Waals surface area contributed by atoms with Crippen LogP contribution in [0.15, 0.2) is 0 Å². The minimum Gasteiger partial charge on any atom is -0.383 e. The Morgan fingerprint density at radius 3 is 2.57 bits per heavy atom. The quantitative estimate of drug-likeness (QED) is 0.691. The average Bonchev–Trinajstić information content (AvgIpc) is 2.01. The van der Waals surface area contributed by atoms with Gasteiger partial charge in [-0.2, -0.15) is 0 Å². The Labute approximate surface area is 87.8 Å². The lowest BCUT2D eigenvalue weighted by atomic mass is 9.98. The van der Waals surface area contributed by atoms with Gasteiger partial charge in [-0.1, -0.05) is 6.92 Å². The molecular formula is C11H24N2O. The summed E-state index contributed by atoms with van der Waals surface area (Å²) in [6.07, 6.45) is 0. The van der Waals surface area contributed by atoms with Gasteiger partial charge in [0.25, 0.3) is 0 Å². The molecule has 3 nitrogen and oxygen atoms in total. The minimum atomic E-state index is 0.112. The zero-order valence-corrected chi connectivity index (χ0v) is 9.97. The van der Waals surface area contributed by atoms with Crippen LogP contribution >= 0.6 is 0 Å². The van der Waals surface area contributed by atoms with Gasteiger partial charge in [0.1, 0.15) is 0 Å². The average molecular weight is 200 g/mol. The normalized spacial score (nSPS) is 19.7. The summed E-state index contributed by atoms with van der Waals surface area (Å²) >= 11 is 0. The van der Waals surface area contributed by atoms with Crippen molar-refractivity contribution in [1.82, 2.24) is 10.2 Å². The van der Waals surface area contributed by atoms with Crippen molar-refractivity contribution in [3.8, 4) is 0 Å². The van der Waals surface area contributed by atoms with Crippen molar-refractivity contribution < 1.29 is 4.74 Å². The molecule has 1 aliphatic heterocycles. The highest BCUT2D eigenvalue weighted by Crippen LogP contribution is 2.14. The van der Waals surface area contributed by atoms with E-state index in [4.69, 9.17) is 4.74 Å². The van der Waals surface area contributed by atoms with Crippen molar-refractivity contribution >= 4 is 0 Å². The van der Waals surface area contributed by atoms with Gasteiger partial charge in [0.2, 0.25) is 0 Å². The van der Waals surface area contributed by atoms with Crippen molar-refractivity contribution in [2.24, 2.45) is 5.92 Å². The summed E-state index contributed by atoms with van der Waals surface area (Å²) in [5, 5.41) is 3.55. The van der Waals surface area contributed by atoms with E-state index >= 15 is 0 Å². The highest BCUT2D eigenvalue weighted by atomic mass is 16.5. The van der Waals surface area contributed by atoms with Gasteiger partial charge in [-0.15, -0.1) is 0 Å². The molecule has 1 N–H and O–H groups in total. The zero-order valence-electron chi connectivity index (χ0n) is 9.97. The molecule has 0 amide bonds. The maximum absolute atomic E-state index is 5.16. The van der Waals surface area contributed by atoms with Crippen LogP contribution in [0.1, 0.15) is 20.8 Å². The first-order chi connectivity index (χ1) is 6.57. The second-order valence-corrected chi connectivity index (χ2v) is 4.92. The molecule has 3 heteroatoms. The Balaban J connectivity index is 2.09. The van der Waals surface area contributed by atoms with E-state index in [2.05, 4.69) is 31.0 Å². The van der Waals surface area contributed by atoms with Crippen LogP contribution < -0.4 is 5.32 Å². The first kappa shape index (κ1) is 12.0. The molecule has 0 aromatic rings. The third kappa shape index (κ3) is 3.56. The number of rotatable bonds is 6. The fourth-order valence-corrected chi connectivity index (χ4v) is 1.90. The zero-order chi connectivity index (χ0) is 10.6. The van der Waals surface area contributed by atoms with E-state index in [1.165, 1.54) is 19.6 Å². The van der Waals surface area contributed by atoms with Crippen LogP contribution in [0.25, 0.3) is 0 Å². The summed E-state index contributed by atoms with van der Waals surface area (Å²) in [5.74, 6) is 0.839. The summed E-state index contributed by atoms with van der Waals surface area (Å²) in [6.45, 7) is 12.2. The number of hydrogen-bond donors (Lipinski definition) is 1. The van der Waals surface area contributed by atoms with E-state index in [9.17, 15) is 0 Å². The smallest absolute Gasteiger partial charge is 0.0639 e. The molecule has 1 rings (SSSR count). The summed E-state index contributed by atoms with van der Waals surface area (Å²) in [4.78, 5) is 2.47. The Bertz CT molecular complexity index is 165. The summed E-state index contributed by atoms with van der Waals surface area (Å²) < 4.78 is 5.16. The summed E-state index contributed by atoms with van der Waals surface area (Å²) in [7, 11) is 1.76. The first-order valence-electron chi connectivity index (χ1n) is 5.53. The van der Waals surface area contributed by atoms with Gasteiger partial charge in [-0.05, 0) is 26.3 Å². The lowest BCUT2D eigenvalue weighted by Crippen LogP contribution is -2.54. The van der Waals surface area contributed by atoms with Crippen molar-refractivity contribution in [2.75, 3.05) is 39.9 Å². The van der Waals surface area contributed by atoms with Crippen LogP contribution in [-0.4, -0.2) is 50.3 Å². The predicted molar refractivity (Wildman–Crippen MR) is 59.6 cm³/mol. The number of nitrogens with one attached hydrogen (secondary N) is 1. The minimum absolute atomic E-state index is 0.112. The molecule has 1 fully saturated rings. The van der Waals surface area contributed by atoms with Gasteiger partial charge in [-0.3, -0.25) is 0 Å². The maximum Gasteiger partial charge on any atom is 0.0639 e. The fraction of sp³-hybridized carbons (Fsp3) is 1.00. The van der Waals surface area contributed by atoms with Crippen LogP contribution in [-0.2, 0) is 4.74 Å².